The van der Waals surface area contributed by atoms with Crippen molar-refractivity contribution in [1.82, 2.24) is 4.98 Å². The first-order chi connectivity index (χ1) is 9.49. The molecular weight excluding hydrogens is 322 g/mol. The Morgan fingerprint density at radius 2 is 2.10 bits per heavy atom. The van der Waals surface area contributed by atoms with Crippen LogP contribution >= 0.6 is 15.9 Å². The third-order valence-corrected chi connectivity index (χ3v) is 3.76. The Bertz CT molecular complexity index is 659. The highest BCUT2D eigenvalue weighted by Gasteiger charge is 2.14. The van der Waals surface area contributed by atoms with E-state index < -0.39 is 0 Å². The van der Waals surface area contributed by atoms with E-state index >= 15 is 0 Å². The number of hydrogen-bond acceptors (Lipinski definition) is 4. The zero-order valence-electron chi connectivity index (χ0n) is 11.2. The smallest absolute Gasteiger partial charge is 0.273 e. The van der Waals surface area contributed by atoms with Gasteiger partial charge in [-0.15, -0.1) is 0 Å². The summed E-state index contributed by atoms with van der Waals surface area (Å²) in [6.07, 6.45) is 3.57. The van der Waals surface area contributed by atoms with Crippen molar-refractivity contribution in [3.63, 3.8) is 0 Å². The van der Waals surface area contributed by atoms with E-state index in [0.29, 0.717) is 16.6 Å². The second kappa shape index (κ2) is 6.00. The molecule has 1 aromatic carbocycles. The fourth-order valence-electron chi connectivity index (χ4n) is 1.88. The fourth-order valence-corrected chi connectivity index (χ4v) is 2.35. The SMILES string of the molecule is Cc1ccncc1CNc1cc(C)c([N+](=O)[O-])cc1Br. The molecule has 0 radical (unpaired) electrons. The molecule has 0 bridgehead atoms. The van der Waals surface area contributed by atoms with Gasteiger partial charge in [0.1, 0.15) is 0 Å². The van der Waals surface area contributed by atoms with Crippen molar-refractivity contribution in [2.45, 2.75) is 20.4 Å². The molecule has 0 atom stereocenters. The summed E-state index contributed by atoms with van der Waals surface area (Å²) in [4.78, 5) is 14.6. The number of hydrogen-bond donors (Lipinski definition) is 1. The van der Waals surface area contributed by atoms with E-state index in [1.165, 1.54) is 6.07 Å². The minimum absolute atomic E-state index is 0.111. The lowest BCUT2D eigenvalue weighted by Gasteiger charge is -2.11. The highest BCUT2D eigenvalue weighted by molar-refractivity contribution is 9.10. The van der Waals surface area contributed by atoms with Gasteiger partial charge in [-0.05, 0) is 53.0 Å². The molecule has 0 aliphatic rings. The number of aryl methyl sites for hydroxylation is 2. The van der Waals surface area contributed by atoms with Crippen molar-refractivity contribution < 1.29 is 4.92 Å². The minimum atomic E-state index is -0.380. The molecule has 0 saturated heterocycles. The van der Waals surface area contributed by atoms with Crippen molar-refractivity contribution in [3.8, 4) is 0 Å². The van der Waals surface area contributed by atoms with Gasteiger partial charge in [-0.25, -0.2) is 0 Å². The normalized spacial score (nSPS) is 10.3. The number of pyridine rings is 1. The average Bonchev–Trinajstić information content (AvgIpc) is 2.40. The molecule has 20 heavy (non-hydrogen) atoms. The van der Waals surface area contributed by atoms with Crippen LogP contribution in [0.3, 0.4) is 0 Å². The lowest BCUT2D eigenvalue weighted by atomic mass is 10.1. The zero-order valence-corrected chi connectivity index (χ0v) is 12.8. The second-order valence-corrected chi connectivity index (χ2v) is 5.39. The Balaban J connectivity index is 2.21. The molecule has 2 rings (SSSR count). The lowest BCUT2D eigenvalue weighted by Crippen LogP contribution is -2.03. The van der Waals surface area contributed by atoms with Crippen molar-refractivity contribution in [2.24, 2.45) is 0 Å². The van der Waals surface area contributed by atoms with Crippen LogP contribution in [0.15, 0.2) is 35.1 Å². The zero-order chi connectivity index (χ0) is 14.7. The number of nitro benzene ring substituents is 1. The number of anilines is 1. The van der Waals surface area contributed by atoms with E-state index in [2.05, 4.69) is 26.2 Å². The Morgan fingerprint density at radius 3 is 2.75 bits per heavy atom. The Labute approximate surface area is 125 Å². The average molecular weight is 336 g/mol. The maximum Gasteiger partial charge on any atom is 0.273 e. The molecule has 6 heteroatoms. The standard InChI is InChI=1S/C14H14BrN3O2/c1-9-3-4-16-7-11(9)8-17-13-5-10(2)14(18(19)20)6-12(13)15/h3-7,17H,8H2,1-2H3. The molecule has 0 spiro atoms. The number of rotatable bonds is 4. The molecular formula is C14H14BrN3O2. The van der Waals surface area contributed by atoms with Crippen molar-refractivity contribution in [1.29, 1.82) is 0 Å². The molecule has 1 heterocycles. The largest absolute Gasteiger partial charge is 0.380 e. The van der Waals surface area contributed by atoms with Gasteiger partial charge in [-0.2, -0.15) is 0 Å². The van der Waals surface area contributed by atoms with Crippen LogP contribution in [0.2, 0.25) is 0 Å². The molecule has 104 valence electrons. The molecule has 1 aromatic heterocycles. The summed E-state index contributed by atoms with van der Waals surface area (Å²) < 4.78 is 0.677. The number of nitro groups is 1. The van der Waals surface area contributed by atoms with Gasteiger partial charge in [-0.1, -0.05) is 0 Å². The fraction of sp³-hybridized carbons (Fsp3) is 0.214. The number of nitrogens with one attached hydrogen (secondary N) is 1. The van der Waals surface area contributed by atoms with Crippen LogP contribution < -0.4 is 5.32 Å². The Kier molecular flexibility index (Phi) is 4.34. The molecule has 0 fully saturated rings. The van der Waals surface area contributed by atoms with Gasteiger partial charge in [-0.3, -0.25) is 15.1 Å². The summed E-state index contributed by atoms with van der Waals surface area (Å²) in [5.41, 5.74) is 3.82. The first kappa shape index (κ1) is 14.5. The quantitative estimate of drug-likeness (QED) is 0.677. The monoisotopic (exact) mass is 335 g/mol. The maximum atomic E-state index is 10.9. The molecule has 5 nitrogen and oxygen atoms in total. The Morgan fingerprint density at radius 1 is 1.35 bits per heavy atom. The minimum Gasteiger partial charge on any atom is -0.380 e. The van der Waals surface area contributed by atoms with Crippen LogP contribution in [-0.2, 0) is 6.54 Å². The predicted molar refractivity (Wildman–Crippen MR) is 81.8 cm³/mol. The number of aromatic nitrogens is 1. The summed E-state index contributed by atoms with van der Waals surface area (Å²) in [6, 6.07) is 5.24. The predicted octanol–water partition coefficient (Wildman–Crippen LogP) is 3.98. The summed E-state index contributed by atoms with van der Waals surface area (Å²) >= 11 is 3.36. The molecule has 0 unspecified atom stereocenters. The van der Waals surface area contributed by atoms with Crippen LogP contribution in [0.4, 0.5) is 11.4 Å². The van der Waals surface area contributed by atoms with Gasteiger partial charge < -0.3 is 5.32 Å². The third kappa shape index (κ3) is 3.14. The second-order valence-electron chi connectivity index (χ2n) is 4.53. The van der Waals surface area contributed by atoms with Gasteiger partial charge in [0.05, 0.1) is 4.92 Å². The van der Waals surface area contributed by atoms with Crippen LogP contribution in [0.25, 0.3) is 0 Å². The molecule has 0 saturated carbocycles. The topological polar surface area (TPSA) is 68.1 Å². The number of halogens is 1. The molecule has 0 aliphatic heterocycles. The van der Waals surface area contributed by atoms with Crippen molar-refractivity contribution >= 4 is 27.3 Å². The van der Waals surface area contributed by atoms with Crippen molar-refractivity contribution in [2.75, 3.05) is 5.32 Å². The first-order valence-corrected chi connectivity index (χ1v) is 6.86. The van der Waals surface area contributed by atoms with Crippen molar-refractivity contribution in [3.05, 3.63) is 61.9 Å². The van der Waals surface area contributed by atoms with Crippen LogP contribution in [0.5, 0.6) is 0 Å². The highest BCUT2D eigenvalue weighted by Crippen LogP contribution is 2.30. The Hall–Kier alpha value is -1.95. The van der Waals surface area contributed by atoms with E-state index in [1.54, 1.807) is 19.2 Å². The summed E-state index contributed by atoms with van der Waals surface area (Å²) in [7, 11) is 0. The molecule has 0 amide bonds. The van der Waals surface area contributed by atoms with Gasteiger partial charge in [0.25, 0.3) is 5.69 Å². The van der Waals surface area contributed by atoms with Gasteiger partial charge in [0.2, 0.25) is 0 Å². The van der Waals surface area contributed by atoms with Gasteiger partial charge >= 0.3 is 0 Å². The third-order valence-electron chi connectivity index (χ3n) is 3.10. The molecule has 2 aromatic rings. The van der Waals surface area contributed by atoms with Crippen LogP contribution in [0, 0.1) is 24.0 Å². The van der Waals surface area contributed by atoms with E-state index in [9.17, 15) is 10.1 Å². The highest BCUT2D eigenvalue weighted by atomic mass is 79.9. The molecule has 0 aliphatic carbocycles. The van der Waals surface area contributed by atoms with E-state index in [1.807, 2.05) is 19.2 Å². The molecule has 1 N–H and O–H groups in total. The van der Waals surface area contributed by atoms with Crippen LogP contribution in [-0.4, -0.2) is 9.91 Å². The first-order valence-electron chi connectivity index (χ1n) is 6.07. The summed E-state index contributed by atoms with van der Waals surface area (Å²) in [5.74, 6) is 0. The maximum absolute atomic E-state index is 10.9. The van der Waals surface area contributed by atoms with E-state index in [4.69, 9.17) is 0 Å². The van der Waals surface area contributed by atoms with Crippen LogP contribution in [0.1, 0.15) is 16.7 Å². The summed E-state index contributed by atoms with van der Waals surface area (Å²) in [6.45, 7) is 4.37. The van der Waals surface area contributed by atoms with E-state index in [-0.39, 0.29) is 10.6 Å². The van der Waals surface area contributed by atoms with Gasteiger partial charge in [0.15, 0.2) is 0 Å². The number of benzene rings is 1. The van der Waals surface area contributed by atoms with E-state index in [0.717, 1.165) is 16.8 Å². The number of nitrogens with zero attached hydrogens (tertiary/aromatic N) is 2. The van der Waals surface area contributed by atoms with Gasteiger partial charge in [0, 0.05) is 40.7 Å². The summed E-state index contributed by atoms with van der Waals surface area (Å²) in [5, 5.41) is 14.1. The lowest BCUT2D eigenvalue weighted by molar-refractivity contribution is -0.385.